The van der Waals surface area contributed by atoms with Crippen LogP contribution in [0.5, 0.6) is 0 Å². The lowest BCUT2D eigenvalue weighted by atomic mass is 9.98. The van der Waals surface area contributed by atoms with Gasteiger partial charge in [-0.2, -0.15) is 4.72 Å². The standard InChI is InChI=1S/C25H29N3O3S/c1-18-11-13-28(14-12-18)25(29)24(16-19-5-4-8-22(26)15-19)27-32(30,31)23-10-9-20-6-2-3-7-21(20)17-23/h2-10,15,17-18,24,27H,11-14,16,26H2,1H3. The van der Waals surface area contributed by atoms with Crippen molar-refractivity contribution in [1.29, 1.82) is 0 Å². The van der Waals surface area contributed by atoms with Crippen molar-refractivity contribution < 1.29 is 13.2 Å². The molecule has 0 spiro atoms. The first-order valence-electron chi connectivity index (χ1n) is 11.0. The van der Waals surface area contributed by atoms with E-state index >= 15 is 0 Å². The first-order valence-corrected chi connectivity index (χ1v) is 12.4. The molecule has 32 heavy (non-hydrogen) atoms. The van der Waals surface area contributed by atoms with Crippen LogP contribution in [0.25, 0.3) is 10.8 Å². The number of carbonyl (C=O) groups excluding carboxylic acids is 1. The number of nitrogen functional groups attached to an aromatic ring is 1. The fraction of sp³-hybridized carbons (Fsp3) is 0.320. The summed E-state index contributed by atoms with van der Waals surface area (Å²) in [6.45, 7) is 3.46. The molecule has 0 aromatic heterocycles. The van der Waals surface area contributed by atoms with Crippen molar-refractivity contribution in [2.45, 2.75) is 37.1 Å². The molecule has 4 rings (SSSR count). The predicted octanol–water partition coefficient (Wildman–Crippen LogP) is 3.57. The van der Waals surface area contributed by atoms with Crippen molar-refractivity contribution in [2.24, 2.45) is 5.92 Å². The Morgan fingerprint density at radius 2 is 1.75 bits per heavy atom. The van der Waals surface area contributed by atoms with Crippen molar-refractivity contribution >= 4 is 32.4 Å². The minimum absolute atomic E-state index is 0.147. The molecule has 0 saturated carbocycles. The van der Waals surface area contributed by atoms with Crippen LogP contribution in [-0.4, -0.2) is 38.4 Å². The van der Waals surface area contributed by atoms with Crippen molar-refractivity contribution in [1.82, 2.24) is 9.62 Å². The molecule has 1 aliphatic heterocycles. The Hall–Kier alpha value is -2.90. The second-order valence-corrected chi connectivity index (χ2v) is 10.4. The summed E-state index contributed by atoms with van der Waals surface area (Å²) in [7, 11) is -3.90. The number of likely N-dealkylation sites (tertiary alicyclic amines) is 1. The molecule has 0 aliphatic carbocycles. The van der Waals surface area contributed by atoms with E-state index in [2.05, 4.69) is 11.6 Å². The van der Waals surface area contributed by atoms with Crippen LogP contribution in [0.1, 0.15) is 25.3 Å². The van der Waals surface area contributed by atoms with E-state index in [1.807, 2.05) is 36.4 Å². The molecular formula is C25H29N3O3S. The van der Waals surface area contributed by atoms with E-state index < -0.39 is 16.1 Å². The first-order chi connectivity index (χ1) is 15.3. The Morgan fingerprint density at radius 3 is 2.47 bits per heavy atom. The van der Waals surface area contributed by atoms with Crippen molar-refractivity contribution in [2.75, 3.05) is 18.8 Å². The molecule has 7 heteroatoms. The largest absolute Gasteiger partial charge is 0.399 e. The van der Waals surface area contributed by atoms with Gasteiger partial charge < -0.3 is 10.6 Å². The highest BCUT2D eigenvalue weighted by Crippen LogP contribution is 2.22. The van der Waals surface area contributed by atoms with Gasteiger partial charge in [0.15, 0.2) is 0 Å². The second kappa shape index (κ2) is 9.30. The van der Waals surface area contributed by atoms with Crippen LogP contribution >= 0.6 is 0 Å². The summed E-state index contributed by atoms with van der Waals surface area (Å²) in [5, 5.41) is 1.79. The van der Waals surface area contributed by atoms with Crippen LogP contribution in [0.4, 0.5) is 5.69 Å². The molecule has 168 valence electrons. The molecule has 1 fully saturated rings. The summed E-state index contributed by atoms with van der Waals surface area (Å²) >= 11 is 0. The average molecular weight is 452 g/mol. The van der Waals surface area contributed by atoms with Gasteiger partial charge in [-0.25, -0.2) is 8.42 Å². The Morgan fingerprint density at radius 1 is 1.03 bits per heavy atom. The number of piperidine rings is 1. The molecule has 3 N–H and O–H groups in total. The fourth-order valence-corrected chi connectivity index (χ4v) is 5.40. The molecule has 1 amide bonds. The third kappa shape index (κ3) is 5.11. The Balaban J connectivity index is 1.62. The highest BCUT2D eigenvalue weighted by atomic mass is 32.2. The number of nitrogens with one attached hydrogen (secondary N) is 1. The smallest absolute Gasteiger partial charge is 0.241 e. The Bertz CT molecular complexity index is 1220. The van der Waals surface area contributed by atoms with Gasteiger partial charge >= 0.3 is 0 Å². The maximum absolute atomic E-state index is 13.4. The zero-order valence-electron chi connectivity index (χ0n) is 18.2. The molecule has 6 nitrogen and oxygen atoms in total. The summed E-state index contributed by atoms with van der Waals surface area (Å²) in [5.74, 6) is 0.379. The third-order valence-electron chi connectivity index (χ3n) is 6.11. The van der Waals surface area contributed by atoms with Crippen LogP contribution in [0.2, 0.25) is 0 Å². The van der Waals surface area contributed by atoms with E-state index in [0.29, 0.717) is 24.7 Å². The van der Waals surface area contributed by atoms with Crippen LogP contribution < -0.4 is 10.5 Å². The van der Waals surface area contributed by atoms with E-state index in [4.69, 9.17) is 5.73 Å². The SMILES string of the molecule is CC1CCN(C(=O)C(Cc2cccc(N)c2)NS(=O)(=O)c2ccc3ccccc3c2)CC1. The average Bonchev–Trinajstić information content (AvgIpc) is 2.78. The molecule has 3 aromatic carbocycles. The molecule has 1 aliphatic rings. The van der Waals surface area contributed by atoms with Gasteiger partial charge in [0.25, 0.3) is 0 Å². The van der Waals surface area contributed by atoms with Gasteiger partial charge in [-0.3, -0.25) is 4.79 Å². The fourth-order valence-electron chi connectivity index (χ4n) is 4.17. The summed E-state index contributed by atoms with van der Waals surface area (Å²) in [4.78, 5) is 15.3. The van der Waals surface area contributed by atoms with Gasteiger partial charge in [-0.15, -0.1) is 0 Å². The molecule has 1 saturated heterocycles. The van der Waals surface area contributed by atoms with Crippen LogP contribution in [0.3, 0.4) is 0 Å². The second-order valence-electron chi connectivity index (χ2n) is 8.64. The zero-order chi connectivity index (χ0) is 22.7. The van der Waals surface area contributed by atoms with Gasteiger partial charge in [0, 0.05) is 18.8 Å². The number of fused-ring (bicyclic) bond motifs is 1. The van der Waals surface area contributed by atoms with Gasteiger partial charge in [0.1, 0.15) is 6.04 Å². The number of benzene rings is 3. The number of nitrogens with two attached hydrogens (primary N) is 1. The minimum Gasteiger partial charge on any atom is -0.399 e. The van der Waals surface area contributed by atoms with Crippen molar-refractivity contribution in [3.8, 4) is 0 Å². The van der Waals surface area contributed by atoms with Crippen LogP contribution in [-0.2, 0) is 21.2 Å². The number of carbonyl (C=O) groups is 1. The molecule has 3 aromatic rings. The third-order valence-corrected chi connectivity index (χ3v) is 7.58. The number of nitrogens with zero attached hydrogens (tertiary/aromatic N) is 1. The van der Waals surface area contributed by atoms with Gasteiger partial charge in [0.2, 0.25) is 15.9 Å². The maximum atomic E-state index is 13.4. The number of sulfonamides is 1. The Labute approximate surface area is 189 Å². The number of amides is 1. The van der Waals surface area contributed by atoms with E-state index in [-0.39, 0.29) is 17.2 Å². The lowest BCUT2D eigenvalue weighted by Crippen LogP contribution is -2.51. The highest BCUT2D eigenvalue weighted by Gasteiger charge is 2.31. The van der Waals surface area contributed by atoms with Crippen molar-refractivity contribution in [3.05, 3.63) is 72.3 Å². The van der Waals surface area contributed by atoms with E-state index in [9.17, 15) is 13.2 Å². The molecule has 1 atom stereocenters. The van der Waals surface area contributed by atoms with Crippen LogP contribution in [0, 0.1) is 5.92 Å². The normalized spacial score (nSPS) is 16.2. The zero-order valence-corrected chi connectivity index (χ0v) is 19.0. The van der Waals surface area contributed by atoms with E-state index in [1.165, 1.54) is 0 Å². The Kier molecular flexibility index (Phi) is 6.48. The van der Waals surface area contributed by atoms with Crippen LogP contribution in [0.15, 0.2) is 71.6 Å². The number of anilines is 1. The molecule has 1 heterocycles. The maximum Gasteiger partial charge on any atom is 0.241 e. The molecular weight excluding hydrogens is 422 g/mol. The molecule has 1 unspecified atom stereocenters. The lowest BCUT2D eigenvalue weighted by molar-refractivity contribution is -0.134. The number of hydrogen-bond acceptors (Lipinski definition) is 4. The van der Waals surface area contributed by atoms with Gasteiger partial charge in [-0.05, 0) is 65.8 Å². The summed E-state index contributed by atoms with van der Waals surface area (Å²) < 4.78 is 29.2. The topological polar surface area (TPSA) is 92.5 Å². The summed E-state index contributed by atoms with van der Waals surface area (Å²) in [6, 6.07) is 18.9. The monoisotopic (exact) mass is 451 g/mol. The quantitative estimate of drug-likeness (QED) is 0.561. The minimum atomic E-state index is -3.90. The van der Waals surface area contributed by atoms with Crippen molar-refractivity contribution in [3.63, 3.8) is 0 Å². The summed E-state index contributed by atoms with van der Waals surface area (Å²) in [6.07, 6.45) is 2.09. The number of hydrogen-bond donors (Lipinski definition) is 2. The van der Waals surface area contributed by atoms with E-state index in [0.717, 1.165) is 29.2 Å². The summed E-state index contributed by atoms with van der Waals surface area (Å²) in [5.41, 5.74) is 7.30. The van der Waals surface area contributed by atoms with Gasteiger partial charge in [-0.1, -0.05) is 49.4 Å². The highest BCUT2D eigenvalue weighted by molar-refractivity contribution is 7.89. The molecule has 0 radical (unpaired) electrons. The number of rotatable bonds is 6. The van der Waals surface area contributed by atoms with E-state index in [1.54, 1.807) is 35.2 Å². The first kappa shape index (κ1) is 22.3. The predicted molar refractivity (Wildman–Crippen MR) is 128 cm³/mol. The van der Waals surface area contributed by atoms with Gasteiger partial charge in [0.05, 0.1) is 4.90 Å². The lowest BCUT2D eigenvalue weighted by Gasteiger charge is -2.33. The molecule has 0 bridgehead atoms.